The number of nitrogens with one attached hydrogen (secondary N) is 1. The summed E-state index contributed by atoms with van der Waals surface area (Å²) in [5.74, 6) is 0.599. The summed E-state index contributed by atoms with van der Waals surface area (Å²) in [5.41, 5.74) is 3.36. The SMILES string of the molecule is COc1[c]ccc(C=CC=CC(=O)NCCN2CCC(OC(c3ccccc3)c3ccccc3)CC2)c1. The van der Waals surface area contributed by atoms with Crippen molar-refractivity contribution in [2.75, 3.05) is 33.3 Å². The maximum absolute atomic E-state index is 12.1. The van der Waals surface area contributed by atoms with Crippen molar-refractivity contribution in [3.05, 3.63) is 120 Å². The number of likely N-dealkylation sites (tertiary alicyclic amines) is 1. The van der Waals surface area contributed by atoms with Crippen LogP contribution in [0.5, 0.6) is 5.75 Å². The quantitative estimate of drug-likeness (QED) is 0.284. The zero-order chi connectivity index (χ0) is 25.7. The Bertz CT molecular complexity index is 1110. The van der Waals surface area contributed by atoms with Crippen LogP contribution in [0.2, 0.25) is 0 Å². The first-order chi connectivity index (χ1) is 18.2. The highest BCUT2D eigenvalue weighted by Gasteiger charge is 2.24. The van der Waals surface area contributed by atoms with Crippen LogP contribution in [0.25, 0.3) is 6.08 Å². The van der Waals surface area contributed by atoms with E-state index in [4.69, 9.17) is 9.47 Å². The second kappa shape index (κ2) is 14.2. The predicted molar refractivity (Wildman–Crippen MR) is 148 cm³/mol. The molecule has 0 unspecified atom stereocenters. The van der Waals surface area contributed by atoms with Gasteiger partial charge in [0.2, 0.25) is 5.91 Å². The third-order valence-electron chi connectivity index (χ3n) is 6.46. The van der Waals surface area contributed by atoms with Gasteiger partial charge < -0.3 is 19.7 Å². The number of allylic oxidation sites excluding steroid dienone is 2. The van der Waals surface area contributed by atoms with Crippen LogP contribution < -0.4 is 10.1 Å². The summed E-state index contributed by atoms with van der Waals surface area (Å²) in [5, 5.41) is 2.98. The van der Waals surface area contributed by atoms with Crippen LogP contribution in [0, 0.1) is 6.07 Å². The average Bonchev–Trinajstić information content (AvgIpc) is 2.96. The van der Waals surface area contributed by atoms with Crippen LogP contribution >= 0.6 is 0 Å². The average molecular weight is 496 g/mol. The van der Waals surface area contributed by atoms with Gasteiger partial charge in [-0.3, -0.25) is 4.79 Å². The van der Waals surface area contributed by atoms with Crippen LogP contribution in [0.1, 0.15) is 35.6 Å². The number of carbonyl (C=O) groups is 1. The molecule has 0 atom stereocenters. The molecule has 191 valence electrons. The maximum atomic E-state index is 12.1. The molecule has 0 aliphatic carbocycles. The van der Waals surface area contributed by atoms with E-state index in [1.54, 1.807) is 19.3 Å². The third-order valence-corrected chi connectivity index (χ3v) is 6.46. The first-order valence-electron chi connectivity index (χ1n) is 12.9. The summed E-state index contributed by atoms with van der Waals surface area (Å²) < 4.78 is 11.8. The first kappa shape index (κ1) is 26.4. The minimum atomic E-state index is -0.0876. The van der Waals surface area contributed by atoms with Gasteiger partial charge in [0.1, 0.15) is 11.9 Å². The molecular weight excluding hydrogens is 460 g/mol. The molecule has 5 nitrogen and oxygen atoms in total. The lowest BCUT2D eigenvalue weighted by Crippen LogP contribution is -2.41. The van der Waals surface area contributed by atoms with E-state index in [1.165, 1.54) is 11.1 Å². The van der Waals surface area contributed by atoms with E-state index in [0.29, 0.717) is 12.3 Å². The second-order valence-electron chi connectivity index (χ2n) is 9.08. The summed E-state index contributed by atoms with van der Waals surface area (Å²) in [6.07, 6.45) is 9.19. The van der Waals surface area contributed by atoms with Gasteiger partial charge in [-0.25, -0.2) is 0 Å². The van der Waals surface area contributed by atoms with Crippen molar-refractivity contribution in [2.45, 2.75) is 25.0 Å². The Morgan fingerprint density at radius 2 is 1.70 bits per heavy atom. The number of carbonyl (C=O) groups excluding carboxylic acids is 1. The molecule has 0 saturated carbocycles. The Balaban J connectivity index is 1.18. The van der Waals surface area contributed by atoms with E-state index in [1.807, 2.05) is 42.5 Å². The lowest BCUT2D eigenvalue weighted by molar-refractivity contribution is -0.116. The van der Waals surface area contributed by atoms with Gasteiger partial charge in [-0.2, -0.15) is 0 Å². The largest absolute Gasteiger partial charge is 0.496 e. The summed E-state index contributed by atoms with van der Waals surface area (Å²) >= 11 is 0. The number of hydrogen-bond acceptors (Lipinski definition) is 4. The van der Waals surface area contributed by atoms with E-state index in [0.717, 1.165) is 38.0 Å². The molecule has 0 bridgehead atoms. The molecule has 0 aromatic heterocycles. The minimum Gasteiger partial charge on any atom is -0.496 e. The minimum absolute atomic E-state index is 0.0543. The molecule has 4 rings (SSSR count). The van der Waals surface area contributed by atoms with E-state index < -0.39 is 0 Å². The molecule has 3 aromatic carbocycles. The van der Waals surface area contributed by atoms with Crippen molar-refractivity contribution in [1.29, 1.82) is 0 Å². The third kappa shape index (κ3) is 8.45. The van der Waals surface area contributed by atoms with Crippen LogP contribution in [0.4, 0.5) is 0 Å². The molecule has 1 fully saturated rings. The van der Waals surface area contributed by atoms with E-state index in [9.17, 15) is 4.79 Å². The van der Waals surface area contributed by atoms with Gasteiger partial charge in [0, 0.05) is 38.3 Å². The van der Waals surface area contributed by atoms with Crippen molar-refractivity contribution < 1.29 is 14.3 Å². The number of benzene rings is 3. The first-order valence-corrected chi connectivity index (χ1v) is 12.9. The Hall–Kier alpha value is -3.67. The fraction of sp³-hybridized carbons (Fsp3) is 0.281. The topological polar surface area (TPSA) is 50.8 Å². The summed E-state index contributed by atoms with van der Waals surface area (Å²) in [6.45, 7) is 3.39. The van der Waals surface area contributed by atoms with Crippen LogP contribution in [-0.2, 0) is 9.53 Å². The van der Waals surface area contributed by atoms with Crippen molar-refractivity contribution in [1.82, 2.24) is 10.2 Å². The van der Waals surface area contributed by atoms with Gasteiger partial charge in [0.25, 0.3) is 0 Å². The predicted octanol–water partition coefficient (Wildman–Crippen LogP) is 5.45. The monoisotopic (exact) mass is 495 g/mol. The molecular formula is C32H35N2O3. The van der Waals surface area contributed by atoms with Crippen molar-refractivity contribution in [2.24, 2.45) is 0 Å². The van der Waals surface area contributed by atoms with Gasteiger partial charge >= 0.3 is 0 Å². The Labute approximate surface area is 220 Å². The van der Waals surface area contributed by atoms with Gasteiger partial charge in [-0.1, -0.05) is 85.0 Å². The molecule has 3 aromatic rings. The molecule has 1 aliphatic heterocycles. The van der Waals surface area contributed by atoms with Gasteiger partial charge in [-0.15, -0.1) is 0 Å². The highest BCUT2D eigenvalue weighted by Crippen LogP contribution is 2.29. The number of piperidine rings is 1. The molecule has 1 saturated heterocycles. The Morgan fingerprint density at radius 3 is 2.35 bits per heavy atom. The van der Waals surface area contributed by atoms with E-state index in [-0.39, 0.29) is 18.1 Å². The van der Waals surface area contributed by atoms with Crippen molar-refractivity contribution >= 4 is 12.0 Å². The van der Waals surface area contributed by atoms with Crippen molar-refractivity contribution in [3.8, 4) is 5.75 Å². The number of amides is 1. The number of ether oxygens (including phenoxy) is 2. The van der Waals surface area contributed by atoms with Crippen LogP contribution in [0.3, 0.4) is 0 Å². The Morgan fingerprint density at radius 1 is 1.03 bits per heavy atom. The normalized spacial score (nSPS) is 15.0. The molecule has 1 radical (unpaired) electrons. The molecule has 1 amide bonds. The molecule has 1 aliphatic rings. The van der Waals surface area contributed by atoms with Gasteiger partial charge in [0.05, 0.1) is 13.2 Å². The molecule has 0 spiro atoms. The van der Waals surface area contributed by atoms with Gasteiger partial charge in [0.15, 0.2) is 0 Å². The fourth-order valence-electron chi connectivity index (χ4n) is 4.46. The smallest absolute Gasteiger partial charge is 0.244 e. The summed E-state index contributed by atoms with van der Waals surface area (Å²) in [4.78, 5) is 14.5. The lowest BCUT2D eigenvalue weighted by atomic mass is 10.00. The number of hydrogen-bond donors (Lipinski definition) is 1. The number of methoxy groups -OCH3 is 1. The molecule has 1 N–H and O–H groups in total. The second-order valence-corrected chi connectivity index (χ2v) is 9.08. The zero-order valence-electron chi connectivity index (χ0n) is 21.4. The summed E-state index contributed by atoms with van der Waals surface area (Å²) in [6, 6.07) is 29.5. The lowest BCUT2D eigenvalue weighted by Gasteiger charge is -2.34. The number of nitrogens with zero attached hydrogens (tertiary/aromatic N) is 1. The number of rotatable bonds is 11. The standard InChI is InChI=1S/C32H35N2O3/c1-36-30-17-10-12-26(25-30)11-8-9-18-31(35)33-21-24-34-22-19-29(20-23-34)37-32(27-13-4-2-5-14-27)28-15-6-3-7-16-28/h2-16,18,25,29,32H,19-24H2,1H3,(H,33,35). The highest BCUT2D eigenvalue weighted by atomic mass is 16.5. The van der Waals surface area contributed by atoms with E-state index in [2.05, 4.69) is 64.8 Å². The fourth-order valence-corrected chi connectivity index (χ4v) is 4.46. The van der Waals surface area contributed by atoms with Crippen LogP contribution in [0.15, 0.2) is 97.1 Å². The summed E-state index contributed by atoms with van der Waals surface area (Å²) in [7, 11) is 1.62. The highest BCUT2D eigenvalue weighted by molar-refractivity contribution is 5.87. The molecule has 37 heavy (non-hydrogen) atoms. The maximum Gasteiger partial charge on any atom is 0.244 e. The zero-order valence-corrected chi connectivity index (χ0v) is 21.4. The molecule has 1 heterocycles. The van der Waals surface area contributed by atoms with Crippen LogP contribution in [-0.4, -0.2) is 50.2 Å². The van der Waals surface area contributed by atoms with E-state index >= 15 is 0 Å². The Kier molecular flexibility index (Phi) is 10.1. The van der Waals surface area contributed by atoms with Crippen molar-refractivity contribution in [3.63, 3.8) is 0 Å². The van der Waals surface area contributed by atoms with Gasteiger partial charge in [-0.05, 0) is 41.7 Å². The molecule has 5 heteroatoms.